The quantitative estimate of drug-likeness (QED) is 0.893. The van der Waals surface area contributed by atoms with Crippen LogP contribution in [0.4, 0.5) is 0 Å². The van der Waals surface area contributed by atoms with Crippen molar-refractivity contribution in [3.63, 3.8) is 0 Å². The van der Waals surface area contributed by atoms with E-state index in [1.165, 1.54) is 5.56 Å². The van der Waals surface area contributed by atoms with Crippen LogP contribution in [-0.2, 0) is 4.74 Å². The lowest BCUT2D eigenvalue weighted by Crippen LogP contribution is -2.45. The van der Waals surface area contributed by atoms with Crippen molar-refractivity contribution in [1.82, 2.24) is 10.2 Å². The number of rotatable bonds is 3. The SMILES string of the molecule is CN1CCOC(CNC2CCOc3ccccc32)C1. The molecule has 4 nitrogen and oxygen atoms in total. The maximum atomic E-state index is 5.79. The van der Waals surface area contributed by atoms with Crippen molar-refractivity contribution in [3.05, 3.63) is 29.8 Å². The molecule has 0 spiro atoms. The van der Waals surface area contributed by atoms with E-state index in [0.29, 0.717) is 12.1 Å². The standard InChI is InChI=1S/C15H22N2O2/c1-17-7-9-18-12(11-17)10-16-14-6-8-19-15-5-3-2-4-13(14)15/h2-5,12,14,16H,6-11H2,1H3. The van der Waals surface area contributed by atoms with Gasteiger partial charge in [0, 0.05) is 37.7 Å². The molecule has 0 saturated carbocycles. The van der Waals surface area contributed by atoms with E-state index in [0.717, 1.165) is 45.0 Å². The highest BCUT2D eigenvalue weighted by Gasteiger charge is 2.23. The van der Waals surface area contributed by atoms with E-state index in [4.69, 9.17) is 9.47 Å². The molecule has 0 radical (unpaired) electrons. The molecule has 3 rings (SSSR count). The molecule has 2 aliphatic rings. The van der Waals surface area contributed by atoms with Gasteiger partial charge in [0.2, 0.25) is 0 Å². The molecule has 1 N–H and O–H groups in total. The smallest absolute Gasteiger partial charge is 0.124 e. The van der Waals surface area contributed by atoms with Gasteiger partial charge < -0.3 is 19.7 Å². The molecule has 19 heavy (non-hydrogen) atoms. The van der Waals surface area contributed by atoms with Crippen LogP contribution in [0.5, 0.6) is 5.75 Å². The second-order valence-corrected chi connectivity index (χ2v) is 5.39. The van der Waals surface area contributed by atoms with Crippen molar-refractivity contribution in [1.29, 1.82) is 0 Å². The van der Waals surface area contributed by atoms with Gasteiger partial charge in [0.05, 0.1) is 19.3 Å². The summed E-state index contributed by atoms with van der Waals surface area (Å²) in [6, 6.07) is 8.70. The van der Waals surface area contributed by atoms with Crippen molar-refractivity contribution in [2.45, 2.75) is 18.6 Å². The average Bonchev–Trinajstić information content (AvgIpc) is 2.45. The van der Waals surface area contributed by atoms with Gasteiger partial charge in [-0.3, -0.25) is 0 Å². The number of hydrogen-bond donors (Lipinski definition) is 1. The van der Waals surface area contributed by atoms with Crippen LogP contribution < -0.4 is 10.1 Å². The van der Waals surface area contributed by atoms with E-state index in [2.05, 4.69) is 29.4 Å². The minimum absolute atomic E-state index is 0.300. The minimum atomic E-state index is 0.300. The number of para-hydroxylation sites is 1. The minimum Gasteiger partial charge on any atom is -0.493 e. The Morgan fingerprint density at radius 1 is 1.32 bits per heavy atom. The van der Waals surface area contributed by atoms with E-state index < -0.39 is 0 Å². The molecule has 104 valence electrons. The van der Waals surface area contributed by atoms with E-state index in [1.54, 1.807) is 0 Å². The van der Waals surface area contributed by atoms with Crippen LogP contribution in [0, 0.1) is 0 Å². The number of ether oxygens (including phenoxy) is 2. The topological polar surface area (TPSA) is 33.7 Å². The molecular formula is C15H22N2O2. The normalized spacial score (nSPS) is 27.6. The maximum Gasteiger partial charge on any atom is 0.124 e. The number of fused-ring (bicyclic) bond motifs is 1. The molecule has 0 amide bonds. The molecule has 1 saturated heterocycles. The zero-order valence-corrected chi connectivity index (χ0v) is 11.5. The van der Waals surface area contributed by atoms with Gasteiger partial charge in [-0.2, -0.15) is 0 Å². The summed E-state index contributed by atoms with van der Waals surface area (Å²) in [5, 5.41) is 3.64. The van der Waals surface area contributed by atoms with E-state index in [1.807, 2.05) is 12.1 Å². The van der Waals surface area contributed by atoms with Gasteiger partial charge in [0.15, 0.2) is 0 Å². The van der Waals surface area contributed by atoms with Crippen molar-refractivity contribution >= 4 is 0 Å². The number of nitrogens with zero attached hydrogens (tertiary/aromatic N) is 1. The summed E-state index contributed by atoms with van der Waals surface area (Å²) in [5.74, 6) is 1.02. The highest BCUT2D eigenvalue weighted by atomic mass is 16.5. The van der Waals surface area contributed by atoms with Gasteiger partial charge >= 0.3 is 0 Å². The lowest BCUT2D eigenvalue weighted by atomic mass is 10.0. The van der Waals surface area contributed by atoms with E-state index in [-0.39, 0.29) is 0 Å². The highest BCUT2D eigenvalue weighted by Crippen LogP contribution is 2.31. The van der Waals surface area contributed by atoms with Crippen LogP contribution in [0.3, 0.4) is 0 Å². The fraction of sp³-hybridized carbons (Fsp3) is 0.600. The Balaban J connectivity index is 1.59. The number of nitrogens with one attached hydrogen (secondary N) is 1. The zero-order valence-electron chi connectivity index (χ0n) is 11.5. The Hall–Kier alpha value is -1.10. The van der Waals surface area contributed by atoms with E-state index >= 15 is 0 Å². The first kappa shape index (κ1) is 12.9. The Morgan fingerprint density at radius 3 is 3.11 bits per heavy atom. The van der Waals surface area contributed by atoms with Crippen LogP contribution in [0.25, 0.3) is 0 Å². The molecule has 1 fully saturated rings. The summed E-state index contributed by atoms with van der Waals surface area (Å²) in [4.78, 5) is 2.33. The van der Waals surface area contributed by atoms with Gasteiger partial charge in [-0.05, 0) is 13.1 Å². The average molecular weight is 262 g/mol. The Morgan fingerprint density at radius 2 is 2.21 bits per heavy atom. The molecule has 2 atom stereocenters. The van der Waals surface area contributed by atoms with Gasteiger partial charge in [-0.15, -0.1) is 0 Å². The van der Waals surface area contributed by atoms with Crippen LogP contribution >= 0.6 is 0 Å². The fourth-order valence-corrected chi connectivity index (χ4v) is 2.82. The van der Waals surface area contributed by atoms with Crippen molar-refractivity contribution in [2.75, 3.05) is 39.9 Å². The summed E-state index contributed by atoms with van der Waals surface area (Å²) in [7, 11) is 2.15. The van der Waals surface area contributed by atoms with Gasteiger partial charge in [-0.1, -0.05) is 18.2 Å². The van der Waals surface area contributed by atoms with Gasteiger partial charge in [0.25, 0.3) is 0 Å². The molecule has 1 aromatic carbocycles. The molecule has 2 unspecified atom stereocenters. The van der Waals surface area contributed by atoms with Crippen molar-refractivity contribution in [2.24, 2.45) is 0 Å². The molecule has 2 aliphatic heterocycles. The van der Waals surface area contributed by atoms with Gasteiger partial charge in [-0.25, -0.2) is 0 Å². The molecule has 4 heteroatoms. The van der Waals surface area contributed by atoms with Crippen LogP contribution in [0.15, 0.2) is 24.3 Å². The van der Waals surface area contributed by atoms with Crippen molar-refractivity contribution in [3.8, 4) is 5.75 Å². The maximum absolute atomic E-state index is 5.79. The number of morpholine rings is 1. The Bertz CT molecular complexity index is 424. The molecule has 0 aromatic heterocycles. The highest BCUT2D eigenvalue weighted by molar-refractivity contribution is 5.37. The van der Waals surface area contributed by atoms with Crippen LogP contribution in [-0.4, -0.2) is 50.9 Å². The number of hydrogen-bond acceptors (Lipinski definition) is 4. The molecule has 0 bridgehead atoms. The lowest BCUT2D eigenvalue weighted by Gasteiger charge is -2.32. The summed E-state index contributed by atoms with van der Waals surface area (Å²) in [6.45, 7) is 4.59. The lowest BCUT2D eigenvalue weighted by molar-refractivity contribution is -0.0198. The largest absolute Gasteiger partial charge is 0.493 e. The molecule has 1 aromatic rings. The van der Waals surface area contributed by atoms with Crippen LogP contribution in [0.2, 0.25) is 0 Å². The van der Waals surface area contributed by atoms with Gasteiger partial charge in [0.1, 0.15) is 5.75 Å². The second kappa shape index (κ2) is 5.90. The third kappa shape index (κ3) is 3.08. The monoisotopic (exact) mass is 262 g/mol. The first-order valence-electron chi connectivity index (χ1n) is 7.08. The molecule has 0 aliphatic carbocycles. The summed E-state index contributed by atoms with van der Waals surface area (Å²) in [5.41, 5.74) is 1.28. The molecular weight excluding hydrogens is 240 g/mol. The summed E-state index contributed by atoms with van der Waals surface area (Å²) < 4.78 is 11.5. The third-order valence-corrected chi connectivity index (χ3v) is 3.89. The third-order valence-electron chi connectivity index (χ3n) is 3.89. The van der Waals surface area contributed by atoms with Crippen molar-refractivity contribution < 1.29 is 9.47 Å². The predicted molar refractivity (Wildman–Crippen MR) is 74.5 cm³/mol. The second-order valence-electron chi connectivity index (χ2n) is 5.39. The predicted octanol–water partition coefficient (Wildman–Crippen LogP) is 1.43. The Labute approximate surface area is 114 Å². The molecule has 2 heterocycles. The summed E-state index contributed by atoms with van der Waals surface area (Å²) in [6.07, 6.45) is 1.33. The first-order valence-corrected chi connectivity index (χ1v) is 7.08. The zero-order chi connectivity index (χ0) is 13.1. The van der Waals surface area contributed by atoms with E-state index in [9.17, 15) is 0 Å². The fourth-order valence-electron chi connectivity index (χ4n) is 2.82. The van der Waals surface area contributed by atoms with Crippen LogP contribution in [0.1, 0.15) is 18.0 Å². The summed E-state index contributed by atoms with van der Waals surface area (Å²) >= 11 is 0. The number of likely N-dealkylation sites (N-methyl/N-ethyl adjacent to an activating group) is 1. The number of benzene rings is 1. The first-order chi connectivity index (χ1) is 9.33. The Kier molecular flexibility index (Phi) is 4.01.